The van der Waals surface area contributed by atoms with Gasteiger partial charge in [0.25, 0.3) is 0 Å². The van der Waals surface area contributed by atoms with E-state index in [1.165, 1.54) is 12.8 Å². The van der Waals surface area contributed by atoms with E-state index >= 15 is 0 Å². The van der Waals surface area contributed by atoms with Gasteiger partial charge in [-0.1, -0.05) is 0 Å². The molecule has 0 aromatic rings. The van der Waals surface area contributed by atoms with Crippen LogP contribution in [-0.4, -0.2) is 32.4 Å². The molecule has 12 heavy (non-hydrogen) atoms. The van der Waals surface area contributed by atoms with Gasteiger partial charge in [0.15, 0.2) is 0 Å². The molecule has 0 amide bonds. The molecule has 0 saturated heterocycles. The van der Waals surface area contributed by atoms with Gasteiger partial charge in [0, 0.05) is 57.8 Å². The van der Waals surface area contributed by atoms with Crippen molar-refractivity contribution in [1.82, 2.24) is 6.23 Å². The predicted octanol–water partition coefficient (Wildman–Crippen LogP) is 3.11. The molecule has 0 heterocycles. The minimum Gasteiger partial charge on any atom is -0.248 e. The average molecular weight is 396 g/mol. The summed E-state index contributed by atoms with van der Waals surface area (Å²) in [6.07, 6.45) is 2.54. The molecule has 0 saturated carbocycles. The summed E-state index contributed by atoms with van der Waals surface area (Å²) in [7, 11) is 4.26. The van der Waals surface area contributed by atoms with Crippen LogP contribution in [0.15, 0.2) is 0 Å². The topological polar surface area (TPSA) is 6.48 Å². The van der Waals surface area contributed by atoms with E-state index in [0.29, 0.717) is 12.1 Å². The highest BCUT2D eigenvalue weighted by atomic mass is 127. The van der Waals surface area contributed by atoms with Crippen LogP contribution in [0.5, 0.6) is 0 Å². The highest BCUT2D eigenvalue weighted by Gasteiger charge is 2.10. The summed E-state index contributed by atoms with van der Waals surface area (Å²) in [4.78, 5) is 0. The highest BCUT2D eigenvalue weighted by Crippen LogP contribution is 2.14. The molecule has 0 fully saturated rings. The van der Waals surface area contributed by atoms with Crippen molar-refractivity contribution < 1.29 is 0 Å². The molecule has 0 aromatic carbocycles. The zero-order valence-corrected chi connectivity index (χ0v) is 12.5. The van der Waals surface area contributed by atoms with Crippen molar-refractivity contribution in [3.63, 3.8) is 0 Å². The number of rotatable bonds is 5. The maximum Gasteiger partial charge on any atom is 0.0201 e. The van der Waals surface area contributed by atoms with Crippen molar-refractivity contribution >= 4 is 45.7 Å². The van der Waals surface area contributed by atoms with E-state index in [0.717, 1.165) is 0 Å². The first-order valence-electron chi connectivity index (χ1n) is 4.22. The number of nitrogens with zero attached hydrogens (tertiary/aromatic N) is 2. The minimum absolute atomic E-state index is 0.685. The summed E-state index contributed by atoms with van der Waals surface area (Å²) in [5.41, 5.74) is 0. The van der Waals surface area contributed by atoms with E-state index in [1.54, 1.807) is 0 Å². The molecule has 0 N–H and O–H groups in total. The summed E-state index contributed by atoms with van der Waals surface area (Å²) >= 11 is 4.70. The third-order valence-corrected chi connectivity index (χ3v) is 4.12. The van der Waals surface area contributed by atoms with E-state index < -0.39 is 0 Å². The van der Waals surface area contributed by atoms with Gasteiger partial charge in [0.1, 0.15) is 0 Å². The lowest BCUT2D eigenvalue weighted by Crippen LogP contribution is -2.24. The Labute approximate surface area is 104 Å². The highest BCUT2D eigenvalue weighted by molar-refractivity contribution is 14.1. The van der Waals surface area contributed by atoms with E-state index in [1.807, 2.05) is 0 Å². The minimum atomic E-state index is 0.685. The van der Waals surface area contributed by atoms with Crippen molar-refractivity contribution in [2.24, 2.45) is 0 Å². The smallest absolute Gasteiger partial charge is 0.0201 e. The van der Waals surface area contributed by atoms with E-state index in [-0.39, 0.29) is 0 Å². The van der Waals surface area contributed by atoms with Crippen LogP contribution in [0, 0.1) is 0 Å². The maximum absolute atomic E-state index is 2.35. The molecule has 0 aromatic heterocycles. The van der Waals surface area contributed by atoms with Gasteiger partial charge in [-0.15, -0.1) is 0 Å². The lowest BCUT2D eigenvalue weighted by Gasteiger charge is -2.22. The zero-order valence-electron chi connectivity index (χ0n) is 8.22. The summed E-state index contributed by atoms with van der Waals surface area (Å²) in [6, 6.07) is 1.37. The fourth-order valence-electron chi connectivity index (χ4n) is 0.838. The molecule has 0 aliphatic carbocycles. The fourth-order valence-corrected chi connectivity index (χ4v) is 1.40. The van der Waals surface area contributed by atoms with Crippen molar-refractivity contribution in [1.29, 1.82) is 0 Å². The van der Waals surface area contributed by atoms with Crippen molar-refractivity contribution in [2.45, 2.75) is 38.8 Å². The molecule has 0 aliphatic heterocycles. The molecule has 0 rings (SSSR count). The Kier molecular flexibility index (Phi) is 7.56. The van der Waals surface area contributed by atoms with Crippen LogP contribution in [0.1, 0.15) is 26.7 Å². The third-order valence-electron chi connectivity index (χ3n) is 2.22. The molecule has 2 atom stereocenters. The molecule has 74 valence electrons. The van der Waals surface area contributed by atoms with Crippen LogP contribution in [0.4, 0.5) is 0 Å². The van der Waals surface area contributed by atoms with Crippen LogP contribution < -0.4 is 0 Å². The zero-order chi connectivity index (χ0) is 9.72. The molecule has 0 aliphatic rings. The molecule has 2 nitrogen and oxygen atoms in total. The third kappa shape index (κ3) is 5.93. The SMILES string of the molecule is CC(CCC(C)N(C)I)N(C)I. The van der Waals surface area contributed by atoms with Gasteiger partial charge >= 0.3 is 0 Å². The van der Waals surface area contributed by atoms with Gasteiger partial charge in [-0.2, -0.15) is 0 Å². The number of halogens is 2. The van der Waals surface area contributed by atoms with Gasteiger partial charge < -0.3 is 0 Å². The Morgan fingerprint density at radius 1 is 0.917 bits per heavy atom. The quantitative estimate of drug-likeness (QED) is 0.521. The Bertz CT molecular complexity index is 104. The van der Waals surface area contributed by atoms with Crippen molar-refractivity contribution in [3.05, 3.63) is 0 Å². The Balaban J connectivity index is 3.54. The van der Waals surface area contributed by atoms with E-state index in [2.05, 4.69) is 79.9 Å². The lowest BCUT2D eigenvalue weighted by atomic mass is 10.1. The molecule has 0 bridgehead atoms. The van der Waals surface area contributed by atoms with Gasteiger partial charge in [0.05, 0.1) is 0 Å². The van der Waals surface area contributed by atoms with Crippen LogP contribution in [0.25, 0.3) is 0 Å². The van der Waals surface area contributed by atoms with Crippen LogP contribution in [-0.2, 0) is 0 Å². The number of hydrogen-bond acceptors (Lipinski definition) is 2. The standard InChI is InChI=1S/C8H18I2N2/c1-7(11(3)9)5-6-8(2)12(4)10/h7-8H,5-6H2,1-4H3. The molecular formula is C8H18I2N2. The van der Waals surface area contributed by atoms with E-state index in [9.17, 15) is 0 Å². The first-order chi connectivity index (χ1) is 5.45. The summed E-state index contributed by atoms with van der Waals surface area (Å²) in [6.45, 7) is 4.54. The summed E-state index contributed by atoms with van der Waals surface area (Å²) < 4.78 is 4.50. The Hall–Kier alpha value is 1.38. The second-order valence-corrected chi connectivity index (χ2v) is 6.37. The first kappa shape index (κ1) is 13.4. The molecular weight excluding hydrogens is 378 g/mol. The summed E-state index contributed by atoms with van der Waals surface area (Å²) in [5.74, 6) is 0. The Morgan fingerprint density at radius 3 is 1.33 bits per heavy atom. The van der Waals surface area contributed by atoms with E-state index in [4.69, 9.17) is 0 Å². The normalized spacial score (nSPS) is 17.0. The number of hydrogen-bond donors (Lipinski definition) is 0. The van der Waals surface area contributed by atoms with Gasteiger partial charge in [0.2, 0.25) is 0 Å². The second kappa shape index (κ2) is 6.78. The molecule has 0 radical (unpaired) electrons. The van der Waals surface area contributed by atoms with Crippen molar-refractivity contribution in [3.8, 4) is 0 Å². The van der Waals surface area contributed by atoms with Gasteiger partial charge in [-0.3, -0.25) is 0 Å². The van der Waals surface area contributed by atoms with Crippen LogP contribution in [0.2, 0.25) is 0 Å². The molecule has 2 unspecified atom stereocenters. The maximum atomic E-state index is 2.35. The average Bonchev–Trinajstić information content (AvgIpc) is 1.98. The molecule has 0 spiro atoms. The van der Waals surface area contributed by atoms with Crippen molar-refractivity contribution in [2.75, 3.05) is 14.1 Å². The predicted molar refractivity (Wildman–Crippen MR) is 71.7 cm³/mol. The fraction of sp³-hybridized carbons (Fsp3) is 1.00. The Morgan fingerprint density at radius 2 is 1.17 bits per heavy atom. The lowest BCUT2D eigenvalue weighted by molar-refractivity contribution is 0.366. The first-order valence-corrected chi connectivity index (χ1v) is 6.15. The largest absolute Gasteiger partial charge is 0.248 e. The van der Waals surface area contributed by atoms with Gasteiger partial charge in [-0.05, 0) is 40.8 Å². The van der Waals surface area contributed by atoms with Crippen LogP contribution >= 0.6 is 45.7 Å². The van der Waals surface area contributed by atoms with Crippen LogP contribution in [0.3, 0.4) is 0 Å². The van der Waals surface area contributed by atoms with Gasteiger partial charge in [-0.25, -0.2) is 6.23 Å². The monoisotopic (exact) mass is 396 g/mol. The molecule has 4 heteroatoms. The summed E-state index contributed by atoms with van der Waals surface area (Å²) in [5, 5.41) is 0. The second-order valence-electron chi connectivity index (χ2n) is 3.33.